The number of piperidine rings is 1. The Morgan fingerprint density at radius 3 is 2.32 bits per heavy atom. The molecule has 19 heavy (non-hydrogen) atoms. The highest BCUT2D eigenvalue weighted by molar-refractivity contribution is 9.08. The van der Waals surface area contributed by atoms with Gasteiger partial charge in [0.2, 0.25) is 0 Å². The van der Waals surface area contributed by atoms with Crippen LogP contribution in [0.25, 0.3) is 0 Å². The minimum absolute atomic E-state index is 0.135. The molecule has 2 rings (SSSR count). The summed E-state index contributed by atoms with van der Waals surface area (Å²) < 4.78 is 28.4. The highest BCUT2D eigenvalue weighted by Crippen LogP contribution is 2.35. The van der Waals surface area contributed by atoms with Crippen molar-refractivity contribution < 1.29 is 8.78 Å². The van der Waals surface area contributed by atoms with E-state index >= 15 is 0 Å². The third-order valence-corrected chi connectivity index (χ3v) is 4.76. The van der Waals surface area contributed by atoms with Gasteiger partial charge in [-0.1, -0.05) is 29.8 Å². The zero-order valence-corrected chi connectivity index (χ0v) is 13.2. The summed E-state index contributed by atoms with van der Waals surface area (Å²) in [6.07, 6.45) is 1.11. The maximum Gasteiger partial charge on any atom is 0.149 e. The molecule has 1 nitrogen and oxygen atoms in total. The van der Waals surface area contributed by atoms with Crippen LogP contribution in [0.4, 0.5) is 14.5 Å². The van der Waals surface area contributed by atoms with Gasteiger partial charge in [0.15, 0.2) is 0 Å². The Balaban J connectivity index is 2.40. The minimum atomic E-state index is -0.456. The normalized spacial score (nSPS) is 27.7. The molecule has 0 radical (unpaired) electrons. The smallest absolute Gasteiger partial charge is 0.149 e. The molecule has 3 unspecified atom stereocenters. The van der Waals surface area contributed by atoms with Crippen LogP contribution in [0.5, 0.6) is 0 Å². The van der Waals surface area contributed by atoms with Gasteiger partial charge in [-0.3, -0.25) is 0 Å². The van der Waals surface area contributed by atoms with Crippen molar-refractivity contribution in [3.8, 4) is 0 Å². The van der Waals surface area contributed by atoms with Gasteiger partial charge in [0.25, 0.3) is 0 Å². The summed E-state index contributed by atoms with van der Waals surface area (Å²) in [5.74, 6) is -0.00977. The Bertz CT molecular complexity index is 440. The van der Waals surface area contributed by atoms with Gasteiger partial charge in [0.1, 0.15) is 17.3 Å². The van der Waals surface area contributed by atoms with Crippen LogP contribution in [0.15, 0.2) is 12.1 Å². The molecule has 1 heterocycles. The lowest BCUT2D eigenvalue weighted by molar-refractivity contribution is 0.293. The van der Waals surface area contributed by atoms with Crippen molar-refractivity contribution >= 4 is 21.6 Å². The largest absolute Gasteiger partial charge is 0.364 e. The molecular formula is C15H20BrF2N. The van der Waals surface area contributed by atoms with E-state index < -0.39 is 11.6 Å². The SMILES string of the molecule is CC1CC(C)C(C)N(c2c(F)cc(CBr)cc2F)C1. The van der Waals surface area contributed by atoms with Crippen LogP contribution in [0.2, 0.25) is 0 Å². The molecule has 1 aliphatic rings. The van der Waals surface area contributed by atoms with Crippen LogP contribution in [0.3, 0.4) is 0 Å². The quantitative estimate of drug-likeness (QED) is 0.708. The van der Waals surface area contributed by atoms with E-state index in [1.165, 1.54) is 12.1 Å². The second-order valence-corrected chi connectivity index (χ2v) is 6.31. The van der Waals surface area contributed by atoms with Gasteiger partial charge in [0.05, 0.1) is 0 Å². The number of anilines is 1. The summed E-state index contributed by atoms with van der Waals surface area (Å²) in [7, 11) is 0. The lowest BCUT2D eigenvalue weighted by Gasteiger charge is -2.42. The number of halogens is 3. The van der Waals surface area contributed by atoms with E-state index in [0.29, 0.717) is 29.3 Å². The summed E-state index contributed by atoms with van der Waals surface area (Å²) in [4.78, 5) is 1.89. The van der Waals surface area contributed by atoms with Crippen molar-refractivity contribution in [1.82, 2.24) is 0 Å². The van der Waals surface area contributed by atoms with Crippen molar-refractivity contribution in [1.29, 1.82) is 0 Å². The number of benzene rings is 1. The molecule has 0 spiro atoms. The molecule has 0 amide bonds. The first-order valence-corrected chi connectivity index (χ1v) is 7.86. The van der Waals surface area contributed by atoms with E-state index in [-0.39, 0.29) is 11.7 Å². The predicted octanol–water partition coefficient (Wildman–Crippen LogP) is 4.73. The molecule has 0 bridgehead atoms. The average molecular weight is 332 g/mol. The Morgan fingerprint density at radius 2 is 1.79 bits per heavy atom. The van der Waals surface area contributed by atoms with Gasteiger partial charge >= 0.3 is 0 Å². The van der Waals surface area contributed by atoms with E-state index in [9.17, 15) is 8.78 Å². The summed E-state index contributed by atoms with van der Waals surface area (Å²) in [5.41, 5.74) is 0.764. The molecule has 0 N–H and O–H groups in total. The van der Waals surface area contributed by atoms with Crippen LogP contribution in [-0.2, 0) is 5.33 Å². The maximum atomic E-state index is 14.2. The van der Waals surface area contributed by atoms with Crippen LogP contribution in [-0.4, -0.2) is 12.6 Å². The lowest BCUT2D eigenvalue weighted by atomic mass is 9.85. The standard InChI is InChI=1S/C15H20BrF2N/c1-9-4-10(2)11(3)19(8-9)15-13(17)5-12(7-16)6-14(15)18/h5-6,9-11H,4,7-8H2,1-3H3. The fraction of sp³-hybridized carbons (Fsp3) is 0.600. The Hall–Kier alpha value is -0.640. The van der Waals surface area contributed by atoms with Crippen molar-refractivity contribution in [3.05, 3.63) is 29.3 Å². The minimum Gasteiger partial charge on any atom is -0.364 e. The van der Waals surface area contributed by atoms with Gasteiger partial charge in [0, 0.05) is 17.9 Å². The van der Waals surface area contributed by atoms with E-state index in [1.807, 2.05) is 11.8 Å². The van der Waals surface area contributed by atoms with Crippen molar-refractivity contribution in [2.24, 2.45) is 11.8 Å². The van der Waals surface area contributed by atoms with Gasteiger partial charge in [-0.25, -0.2) is 8.78 Å². The highest BCUT2D eigenvalue weighted by Gasteiger charge is 2.32. The Morgan fingerprint density at radius 1 is 1.21 bits per heavy atom. The highest BCUT2D eigenvalue weighted by atomic mass is 79.9. The molecular weight excluding hydrogens is 312 g/mol. The molecule has 106 valence electrons. The third-order valence-electron chi connectivity index (χ3n) is 4.12. The van der Waals surface area contributed by atoms with Crippen molar-refractivity contribution in [3.63, 3.8) is 0 Å². The number of nitrogens with zero attached hydrogens (tertiary/aromatic N) is 1. The Kier molecular flexibility index (Phi) is 4.49. The number of hydrogen-bond acceptors (Lipinski definition) is 1. The summed E-state index contributed by atoms with van der Waals surface area (Å²) in [6.45, 7) is 7.05. The maximum absolute atomic E-state index is 14.2. The number of alkyl halides is 1. The van der Waals surface area contributed by atoms with E-state index in [4.69, 9.17) is 0 Å². The van der Waals surface area contributed by atoms with Crippen LogP contribution in [0, 0.1) is 23.5 Å². The second kappa shape index (κ2) is 5.78. The van der Waals surface area contributed by atoms with E-state index in [1.54, 1.807) is 0 Å². The molecule has 1 fully saturated rings. The lowest BCUT2D eigenvalue weighted by Crippen LogP contribution is -2.46. The van der Waals surface area contributed by atoms with Crippen molar-refractivity contribution in [2.75, 3.05) is 11.4 Å². The molecule has 0 aromatic heterocycles. The molecule has 0 saturated carbocycles. The van der Waals surface area contributed by atoms with Gasteiger partial charge in [-0.2, -0.15) is 0 Å². The molecule has 1 aromatic carbocycles. The molecule has 0 aliphatic carbocycles. The van der Waals surface area contributed by atoms with Crippen molar-refractivity contribution in [2.45, 2.75) is 38.6 Å². The van der Waals surface area contributed by atoms with Crippen LogP contribution < -0.4 is 4.90 Å². The summed E-state index contributed by atoms with van der Waals surface area (Å²) in [6, 6.07) is 3.00. The predicted molar refractivity (Wildman–Crippen MR) is 78.7 cm³/mol. The zero-order chi connectivity index (χ0) is 14.2. The number of hydrogen-bond donors (Lipinski definition) is 0. The monoisotopic (exact) mass is 331 g/mol. The summed E-state index contributed by atoms with van der Waals surface area (Å²) >= 11 is 3.23. The fourth-order valence-electron chi connectivity index (χ4n) is 2.98. The molecule has 1 aliphatic heterocycles. The molecule has 1 aromatic rings. The van der Waals surface area contributed by atoms with E-state index in [0.717, 1.165) is 6.42 Å². The molecule has 1 saturated heterocycles. The summed E-state index contributed by atoms with van der Waals surface area (Å²) in [5, 5.41) is 0.462. The first-order chi connectivity index (χ1) is 8.93. The van der Waals surface area contributed by atoms with Crippen LogP contribution >= 0.6 is 15.9 Å². The average Bonchev–Trinajstić information content (AvgIpc) is 2.34. The topological polar surface area (TPSA) is 3.24 Å². The van der Waals surface area contributed by atoms with Crippen LogP contribution in [0.1, 0.15) is 32.8 Å². The molecule has 3 atom stereocenters. The Labute approximate surface area is 122 Å². The molecule has 4 heteroatoms. The van der Waals surface area contributed by atoms with Gasteiger partial charge in [-0.05, 0) is 42.9 Å². The fourth-order valence-corrected chi connectivity index (χ4v) is 3.30. The second-order valence-electron chi connectivity index (χ2n) is 5.75. The number of rotatable bonds is 2. The van der Waals surface area contributed by atoms with Gasteiger partial charge < -0.3 is 4.90 Å². The first-order valence-electron chi connectivity index (χ1n) is 6.74. The first kappa shape index (κ1) is 14.8. The van der Waals surface area contributed by atoms with Gasteiger partial charge in [-0.15, -0.1) is 0 Å². The third kappa shape index (κ3) is 2.93. The zero-order valence-electron chi connectivity index (χ0n) is 11.6. The van der Waals surface area contributed by atoms with E-state index in [2.05, 4.69) is 29.8 Å².